The van der Waals surface area contributed by atoms with E-state index in [0.717, 1.165) is 18.7 Å². The Kier molecular flexibility index (Phi) is 5.52. The van der Waals surface area contributed by atoms with Crippen LogP contribution >= 0.6 is 11.3 Å². The van der Waals surface area contributed by atoms with Crippen LogP contribution in [0.15, 0.2) is 29.7 Å². The molecule has 0 aliphatic rings. The minimum atomic E-state index is 0.644. The molecule has 1 heterocycles. The Bertz CT molecular complexity index is 256. The predicted octanol–water partition coefficient (Wildman–Crippen LogP) is 2.43. The first-order chi connectivity index (χ1) is 6.83. The number of hydrogen-bond donors (Lipinski definition) is 1. The molecule has 3 heteroatoms. The van der Waals surface area contributed by atoms with E-state index in [2.05, 4.69) is 30.3 Å². The second-order valence-corrected chi connectivity index (χ2v) is 4.13. The summed E-state index contributed by atoms with van der Waals surface area (Å²) in [5.74, 6) is 0. The van der Waals surface area contributed by atoms with E-state index in [1.807, 2.05) is 6.07 Å². The van der Waals surface area contributed by atoms with Crippen molar-refractivity contribution in [3.8, 4) is 0 Å². The van der Waals surface area contributed by atoms with Crippen LogP contribution in [0.3, 0.4) is 0 Å². The van der Waals surface area contributed by atoms with Crippen LogP contribution in [0.25, 0.3) is 0 Å². The molecule has 78 valence electrons. The summed E-state index contributed by atoms with van der Waals surface area (Å²) < 4.78 is 5.51. The van der Waals surface area contributed by atoms with Gasteiger partial charge in [0.2, 0.25) is 0 Å². The van der Waals surface area contributed by atoms with Gasteiger partial charge < -0.3 is 10.1 Å². The predicted molar refractivity (Wildman–Crippen MR) is 61.7 cm³/mol. The molecular weight excluding hydrogens is 194 g/mol. The zero-order valence-corrected chi connectivity index (χ0v) is 9.40. The van der Waals surface area contributed by atoms with E-state index in [1.165, 1.54) is 4.88 Å². The Balaban J connectivity index is 2.06. The van der Waals surface area contributed by atoms with Crippen LogP contribution in [0.2, 0.25) is 0 Å². The molecule has 1 aromatic heterocycles. The summed E-state index contributed by atoms with van der Waals surface area (Å²) in [5.41, 5.74) is 1.10. The van der Waals surface area contributed by atoms with E-state index in [9.17, 15) is 0 Å². The zero-order valence-electron chi connectivity index (χ0n) is 8.58. The number of nitrogens with one attached hydrogen (secondary N) is 1. The first-order valence-corrected chi connectivity index (χ1v) is 5.68. The van der Waals surface area contributed by atoms with Gasteiger partial charge in [-0.2, -0.15) is 0 Å². The van der Waals surface area contributed by atoms with E-state index >= 15 is 0 Å². The van der Waals surface area contributed by atoms with Crippen molar-refractivity contribution in [1.82, 2.24) is 5.32 Å². The maximum atomic E-state index is 5.51. The molecule has 0 atom stereocenters. The fraction of sp³-hybridized carbons (Fsp3) is 0.455. The zero-order chi connectivity index (χ0) is 10.2. The lowest BCUT2D eigenvalue weighted by Gasteiger charge is -2.06. The normalized spacial score (nSPS) is 10.4. The van der Waals surface area contributed by atoms with E-state index in [1.54, 1.807) is 11.3 Å². The van der Waals surface area contributed by atoms with Gasteiger partial charge in [-0.1, -0.05) is 19.6 Å². The molecule has 0 unspecified atom stereocenters. The molecule has 2 nitrogen and oxygen atoms in total. The highest BCUT2D eigenvalue weighted by molar-refractivity contribution is 7.09. The highest BCUT2D eigenvalue weighted by atomic mass is 32.1. The third-order valence-electron chi connectivity index (χ3n) is 1.76. The van der Waals surface area contributed by atoms with Crippen LogP contribution < -0.4 is 5.32 Å². The van der Waals surface area contributed by atoms with Crippen molar-refractivity contribution in [2.45, 2.75) is 13.5 Å². The standard InChI is InChI=1S/C11H17NOS/c1-3-12-7-10(2)8-13-9-11-5-4-6-14-11/h4-6,12H,2-3,7-9H2,1H3. The number of likely N-dealkylation sites (N-methyl/N-ethyl adjacent to an activating group) is 1. The largest absolute Gasteiger partial charge is 0.372 e. The highest BCUT2D eigenvalue weighted by Crippen LogP contribution is 2.09. The molecule has 0 aliphatic heterocycles. The molecule has 0 amide bonds. The maximum absolute atomic E-state index is 5.51. The molecule has 0 aliphatic carbocycles. The molecule has 0 fully saturated rings. The van der Waals surface area contributed by atoms with Gasteiger partial charge in [-0.05, 0) is 23.6 Å². The van der Waals surface area contributed by atoms with Crippen molar-refractivity contribution < 1.29 is 4.74 Å². The molecule has 1 N–H and O–H groups in total. The van der Waals surface area contributed by atoms with Crippen molar-refractivity contribution in [2.24, 2.45) is 0 Å². The monoisotopic (exact) mass is 211 g/mol. The van der Waals surface area contributed by atoms with E-state index in [4.69, 9.17) is 4.74 Å². The molecule has 0 saturated heterocycles. The van der Waals surface area contributed by atoms with Crippen molar-refractivity contribution in [3.63, 3.8) is 0 Å². The molecule has 0 bridgehead atoms. The number of ether oxygens (including phenoxy) is 1. The van der Waals surface area contributed by atoms with Crippen LogP contribution in [-0.2, 0) is 11.3 Å². The summed E-state index contributed by atoms with van der Waals surface area (Å²) in [6.45, 7) is 9.18. The molecule has 0 saturated carbocycles. The fourth-order valence-corrected chi connectivity index (χ4v) is 1.68. The Labute approximate surface area is 89.6 Å². The summed E-state index contributed by atoms with van der Waals surface area (Å²) in [6.07, 6.45) is 0. The van der Waals surface area contributed by atoms with Gasteiger partial charge in [0.1, 0.15) is 0 Å². The van der Waals surface area contributed by atoms with Crippen molar-refractivity contribution in [2.75, 3.05) is 19.7 Å². The molecule has 0 aromatic carbocycles. The Morgan fingerprint density at radius 1 is 1.64 bits per heavy atom. The van der Waals surface area contributed by atoms with Gasteiger partial charge in [0.25, 0.3) is 0 Å². The second kappa shape index (κ2) is 6.76. The van der Waals surface area contributed by atoms with E-state index < -0.39 is 0 Å². The van der Waals surface area contributed by atoms with Gasteiger partial charge in [0.15, 0.2) is 0 Å². The first kappa shape index (κ1) is 11.4. The van der Waals surface area contributed by atoms with Crippen LogP contribution in [0, 0.1) is 0 Å². The van der Waals surface area contributed by atoms with Gasteiger partial charge in [-0.25, -0.2) is 0 Å². The smallest absolute Gasteiger partial charge is 0.0813 e. The molecule has 0 radical (unpaired) electrons. The Morgan fingerprint density at radius 2 is 2.50 bits per heavy atom. The molecule has 1 rings (SSSR count). The van der Waals surface area contributed by atoms with E-state index in [-0.39, 0.29) is 0 Å². The van der Waals surface area contributed by atoms with Crippen LogP contribution in [0.1, 0.15) is 11.8 Å². The molecule has 1 aromatic rings. The molecule has 14 heavy (non-hydrogen) atoms. The second-order valence-electron chi connectivity index (χ2n) is 3.10. The topological polar surface area (TPSA) is 21.3 Å². The lowest BCUT2D eigenvalue weighted by Crippen LogP contribution is -2.17. The third kappa shape index (κ3) is 4.56. The number of thiophene rings is 1. The lowest BCUT2D eigenvalue weighted by atomic mass is 10.3. The molecular formula is C11H17NOS. The summed E-state index contributed by atoms with van der Waals surface area (Å²) >= 11 is 1.72. The summed E-state index contributed by atoms with van der Waals surface area (Å²) in [7, 11) is 0. The average Bonchev–Trinajstić information content (AvgIpc) is 2.67. The summed E-state index contributed by atoms with van der Waals surface area (Å²) in [5, 5.41) is 5.28. The minimum absolute atomic E-state index is 0.644. The first-order valence-electron chi connectivity index (χ1n) is 4.80. The van der Waals surface area contributed by atoms with Crippen molar-refractivity contribution in [1.29, 1.82) is 0 Å². The summed E-state index contributed by atoms with van der Waals surface area (Å²) in [6, 6.07) is 4.12. The van der Waals surface area contributed by atoms with Crippen molar-refractivity contribution in [3.05, 3.63) is 34.5 Å². The van der Waals surface area contributed by atoms with Crippen LogP contribution in [-0.4, -0.2) is 19.7 Å². The number of rotatable bonds is 7. The van der Waals surface area contributed by atoms with E-state index in [0.29, 0.717) is 13.2 Å². The maximum Gasteiger partial charge on any atom is 0.0813 e. The third-order valence-corrected chi connectivity index (χ3v) is 2.61. The molecule has 0 spiro atoms. The quantitative estimate of drug-likeness (QED) is 0.699. The van der Waals surface area contributed by atoms with Crippen molar-refractivity contribution >= 4 is 11.3 Å². The minimum Gasteiger partial charge on any atom is -0.372 e. The van der Waals surface area contributed by atoms with Gasteiger partial charge >= 0.3 is 0 Å². The summed E-state index contributed by atoms with van der Waals surface area (Å²) in [4.78, 5) is 1.27. The lowest BCUT2D eigenvalue weighted by molar-refractivity contribution is 0.143. The SMILES string of the molecule is C=C(CNCC)COCc1cccs1. The van der Waals surface area contributed by atoms with Crippen LogP contribution in [0.5, 0.6) is 0 Å². The van der Waals surface area contributed by atoms with Gasteiger partial charge in [-0.3, -0.25) is 0 Å². The Hall–Kier alpha value is -0.640. The highest BCUT2D eigenvalue weighted by Gasteiger charge is 1.96. The van der Waals surface area contributed by atoms with Crippen LogP contribution in [0.4, 0.5) is 0 Å². The van der Waals surface area contributed by atoms with Gasteiger partial charge in [0.05, 0.1) is 13.2 Å². The Morgan fingerprint density at radius 3 is 3.14 bits per heavy atom. The fourth-order valence-electron chi connectivity index (χ4n) is 1.04. The average molecular weight is 211 g/mol. The number of hydrogen-bond acceptors (Lipinski definition) is 3. The van der Waals surface area contributed by atoms with Gasteiger partial charge in [0, 0.05) is 11.4 Å². The van der Waals surface area contributed by atoms with Gasteiger partial charge in [-0.15, -0.1) is 11.3 Å².